The predicted molar refractivity (Wildman–Crippen MR) is 50.5 cm³/mol. The van der Waals surface area contributed by atoms with Crippen LogP contribution >= 0.6 is 0 Å². The van der Waals surface area contributed by atoms with E-state index >= 15 is 0 Å². The van der Waals surface area contributed by atoms with Gasteiger partial charge in [-0.3, -0.25) is 4.79 Å². The van der Waals surface area contributed by atoms with Crippen LogP contribution in [0.4, 0.5) is 0 Å². The zero-order valence-electron chi connectivity index (χ0n) is 8.38. The first-order chi connectivity index (χ1) is 6.24. The largest absolute Gasteiger partial charge is 0.383 e. The molecule has 0 saturated carbocycles. The van der Waals surface area contributed by atoms with Crippen LogP contribution in [0.3, 0.4) is 0 Å². The molecule has 1 aliphatic rings. The smallest absolute Gasteiger partial charge is 0.236 e. The maximum Gasteiger partial charge on any atom is 0.236 e. The van der Waals surface area contributed by atoms with Gasteiger partial charge < -0.3 is 15.0 Å². The number of nitrogens with zero attached hydrogens (tertiary/aromatic N) is 1. The summed E-state index contributed by atoms with van der Waals surface area (Å²) < 4.78 is 4.95. The number of rotatable bonds is 3. The van der Waals surface area contributed by atoms with E-state index in [1.165, 1.54) is 0 Å². The Morgan fingerprint density at radius 3 is 3.15 bits per heavy atom. The van der Waals surface area contributed by atoms with Gasteiger partial charge in [-0.1, -0.05) is 0 Å². The fourth-order valence-electron chi connectivity index (χ4n) is 1.39. The first kappa shape index (κ1) is 10.5. The summed E-state index contributed by atoms with van der Waals surface area (Å²) in [5.41, 5.74) is 0. The lowest BCUT2D eigenvalue weighted by atomic mass is 10.2. The highest BCUT2D eigenvalue weighted by Crippen LogP contribution is 2.01. The number of methoxy groups -OCH3 is 1. The van der Waals surface area contributed by atoms with E-state index in [2.05, 4.69) is 12.2 Å². The van der Waals surface area contributed by atoms with Gasteiger partial charge in [0.1, 0.15) is 0 Å². The van der Waals surface area contributed by atoms with E-state index in [9.17, 15) is 4.79 Å². The number of amides is 1. The SMILES string of the molecule is COCCN1CCC(C)NCC1=O. The summed E-state index contributed by atoms with van der Waals surface area (Å²) in [5.74, 6) is 0.182. The highest BCUT2D eigenvalue weighted by molar-refractivity contribution is 5.78. The summed E-state index contributed by atoms with van der Waals surface area (Å²) >= 11 is 0. The van der Waals surface area contributed by atoms with Crippen molar-refractivity contribution in [2.45, 2.75) is 19.4 Å². The lowest BCUT2D eigenvalue weighted by Gasteiger charge is -2.19. The second-order valence-corrected chi connectivity index (χ2v) is 3.44. The van der Waals surface area contributed by atoms with Crippen LogP contribution < -0.4 is 5.32 Å². The van der Waals surface area contributed by atoms with E-state index in [0.717, 1.165) is 13.0 Å². The Morgan fingerprint density at radius 2 is 2.46 bits per heavy atom. The Labute approximate surface area is 79.2 Å². The first-order valence-electron chi connectivity index (χ1n) is 4.74. The minimum Gasteiger partial charge on any atom is -0.383 e. The highest BCUT2D eigenvalue weighted by Gasteiger charge is 2.18. The topological polar surface area (TPSA) is 41.6 Å². The minimum absolute atomic E-state index is 0.182. The Bertz CT molecular complexity index is 173. The Hall–Kier alpha value is -0.610. The zero-order valence-corrected chi connectivity index (χ0v) is 8.38. The standard InChI is InChI=1S/C9H18N2O2/c1-8-3-4-11(5-6-13-2)9(12)7-10-8/h8,10H,3-7H2,1-2H3. The van der Waals surface area contributed by atoms with Crippen LogP contribution in [0.5, 0.6) is 0 Å². The second-order valence-electron chi connectivity index (χ2n) is 3.44. The fourth-order valence-corrected chi connectivity index (χ4v) is 1.39. The first-order valence-corrected chi connectivity index (χ1v) is 4.74. The summed E-state index contributed by atoms with van der Waals surface area (Å²) in [5, 5.41) is 3.17. The molecule has 0 radical (unpaired) electrons. The molecule has 1 amide bonds. The average Bonchev–Trinajstić information content (AvgIpc) is 2.28. The normalized spacial score (nSPS) is 24.6. The highest BCUT2D eigenvalue weighted by atomic mass is 16.5. The molecule has 0 aliphatic carbocycles. The molecule has 1 unspecified atom stereocenters. The summed E-state index contributed by atoms with van der Waals surface area (Å²) in [6.45, 7) is 4.75. The third kappa shape index (κ3) is 3.32. The summed E-state index contributed by atoms with van der Waals surface area (Å²) in [6.07, 6.45) is 1.02. The van der Waals surface area contributed by atoms with E-state index in [4.69, 9.17) is 4.74 Å². The van der Waals surface area contributed by atoms with Gasteiger partial charge in [0.05, 0.1) is 13.2 Å². The van der Waals surface area contributed by atoms with Gasteiger partial charge in [0, 0.05) is 26.2 Å². The lowest BCUT2D eigenvalue weighted by molar-refractivity contribution is -0.130. The van der Waals surface area contributed by atoms with E-state index in [1.54, 1.807) is 7.11 Å². The Kier molecular flexibility index (Phi) is 4.18. The molecule has 1 rings (SSSR count). The number of carbonyl (C=O) groups excluding carboxylic acids is 1. The van der Waals surface area contributed by atoms with Crippen LogP contribution in [0, 0.1) is 0 Å². The molecule has 4 nitrogen and oxygen atoms in total. The third-order valence-electron chi connectivity index (χ3n) is 2.35. The molecule has 1 atom stereocenters. The summed E-state index contributed by atoms with van der Waals surface area (Å²) in [7, 11) is 1.66. The summed E-state index contributed by atoms with van der Waals surface area (Å²) in [6, 6.07) is 0.441. The van der Waals surface area contributed by atoms with Crippen molar-refractivity contribution in [2.75, 3.05) is 33.4 Å². The van der Waals surface area contributed by atoms with E-state index in [0.29, 0.717) is 25.7 Å². The van der Waals surface area contributed by atoms with Gasteiger partial charge in [0.2, 0.25) is 5.91 Å². The van der Waals surface area contributed by atoms with E-state index in [-0.39, 0.29) is 5.91 Å². The molecule has 0 aromatic rings. The van der Waals surface area contributed by atoms with Crippen molar-refractivity contribution in [3.8, 4) is 0 Å². The predicted octanol–water partition coefficient (Wildman–Crippen LogP) is -0.157. The van der Waals surface area contributed by atoms with Gasteiger partial charge >= 0.3 is 0 Å². The van der Waals surface area contributed by atoms with E-state index < -0.39 is 0 Å². The van der Waals surface area contributed by atoms with Crippen molar-refractivity contribution in [1.82, 2.24) is 10.2 Å². The van der Waals surface area contributed by atoms with Gasteiger partial charge in [-0.15, -0.1) is 0 Å². The molecule has 1 aliphatic heterocycles. The molecule has 0 aromatic heterocycles. The van der Waals surface area contributed by atoms with Gasteiger partial charge in [-0.25, -0.2) is 0 Å². The van der Waals surface area contributed by atoms with Gasteiger partial charge in [-0.05, 0) is 13.3 Å². The molecule has 0 spiro atoms. The van der Waals surface area contributed by atoms with Gasteiger partial charge in [0.15, 0.2) is 0 Å². The molecule has 0 aromatic carbocycles. The van der Waals surface area contributed by atoms with Gasteiger partial charge in [0.25, 0.3) is 0 Å². The molecule has 1 saturated heterocycles. The molecule has 1 N–H and O–H groups in total. The van der Waals surface area contributed by atoms with Crippen LogP contribution in [0.25, 0.3) is 0 Å². The number of hydrogen-bond acceptors (Lipinski definition) is 3. The third-order valence-corrected chi connectivity index (χ3v) is 2.35. The van der Waals surface area contributed by atoms with Crippen LogP contribution in [0.2, 0.25) is 0 Å². The number of ether oxygens (including phenoxy) is 1. The molecule has 1 fully saturated rings. The van der Waals surface area contributed by atoms with Crippen molar-refractivity contribution < 1.29 is 9.53 Å². The van der Waals surface area contributed by atoms with Crippen molar-refractivity contribution >= 4 is 5.91 Å². The maximum absolute atomic E-state index is 11.5. The fraction of sp³-hybridized carbons (Fsp3) is 0.889. The van der Waals surface area contributed by atoms with Crippen molar-refractivity contribution in [3.05, 3.63) is 0 Å². The molecule has 76 valence electrons. The van der Waals surface area contributed by atoms with E-state index in [1.807, 2.05) is 4.90 Å². The monoisotopic (exact) mass is 186 g/mol. The van der Waals surface area contributed by atoms with Crippen molar-refractivity contribution in [3.63, 3.8) is 0 Å². The Morgan fingerprint density at radius 1 is 1.69 bits per heavy atom. The molecule has 0 bridgehead atoms. The Balaban J connectivity index is 2.38. The molecule has 4 heteroatoms. The van der Waals surface area contributed by atoms with Crippen LogP contribution in [0.1, 0.15) is 13.3 Å². The molecule has 13 heavy (non-hydrogen) atoms. The van der Waals surface area contributed by atoms with Crippen LogP contribution in [-0.2, 0) is 9.53 Å². The second kappa shape index (κ2) is 5.19. The quantitative estimate of drug-likeness (QED) is 0.666. The number of nitrogens with one attached hydrogen (secondary N) is 1. The molecular weight excluding hydrogens is 168 g/mol. The van der Waals surface area contributed by atoms with Crippen LogP contribution in [0.15, 0.2) is 0 Å². The number of hydrogen-bond donors (Lipinski definition) is 1. The van der Waals surface area contributed by atoms with Crippen molar-refractivity contribution in [2.24, 2.45) is 0 Å². The lowest BCUT2D eigenvalue weighted by Crippen LogP contribution is -2.37. The summed E-state index contributed by atoms with van der Waals surface area (Å²) in [4.78, 5) is 13.3. The zero-order chi connectivity index (χ0) is 9.68. The van der Waals surface area contributed by atoms with Crippen molar-refractivity contribution in [1.29, 1.82) is 0 Å². The molecule has 1 heterocycles. The minimum atomic E-state index is 0.182. The molecular formula is C9H18N2O2. The number of carbonyl (C=O) groups is 1. The maximum atomic E-state index is 11.5. The average molecular weight is 186 g/mol. The van der Waals surface area contributed by atoms with Gasteiger partial charge in [-0.2, -0.15) is 0 Å². The van der Waals surface area contributed by atoms with Crippen LogP contribution in [-0.4, -0.2) is 50.2 Å².